The van der Waals surface area contributed by atoms with Gasteiger partial charge in [-0.15, -0.1) is 0 Å². The minimum Gasteiger partial charge on any atom is -0.394 e. The topological polar surface area (TPSA) is 149 Å². The van der Waals surface area contributed by atoms with Crippen LogP contribution in [-0.2, 0) is 14.3 Å². The number of hydrogen-bond donors (Lipinski definition) is 6. The van der Waals surface area contributed by atoms with Gasteiger partial charge in [-0.2, -0.15) is 0 Å². The summed E-state index contributed by atoms with van der Waals surface area (Å²) in [5.74, 6) is -0.138. The number of carbonyl (C=O) groups excluding carboxylic acids is 1. The summed E-state index contributed by atoms with van der Waals surface area (Å²) in [5.41, 5.74) is 0. The molecule has 1 heterocycles. The first-order chi connectivity index (χ1) is 33.8. The second kappa shape index (κ2) is 50.7. The molecule has 1 amide bonds. The lowest BCUT2D eigenvalue weighted by Crippen LogP contribution is -2.60. The largest absolute Gasteiger partial charge is 0.394 e. The van der Waals surface area contributed by atoms with Crippen molar-refractivity contribution in [2.75, 3.05) is 13.2 Å². The summed E-state index contributed by atoms with van der Waals surface area (Å²) < 4.78 is 11.3. The van der Waals surface area contributed by atoms with E-state index in [-0.39, 0.29) is 12.5 Å². The summed E-state index contributed by atoms with van der Waals surface area (Å²) in [6.45, 7) is 3.85. The van der Waals surface area contributed by atoms with E-state index in [1.807, 2.05) is 0 Å². The predicted molar refractivity (Wildman–Crippen MR) is 291 cm³/mol. The average Bonchev–Trinajstić information content (AvgIpc) is 3.35. The van der Waals surface area contributed by atoms with E-state index in [9.17, 15) is 30.3 Å². The average molecular weight is 983 g/mol. The standard InChI is InChI=1S/C60H119NO8/c1-3-5-7-9-11-13-15-16-17-18-19-20-21-22-23-24-25-26-27-28-29-30-31-32-33-34-35-36-37-38-39-40-42-44-46-48-50-56(64)61-53(52-68-60-59(67)58(66)57(65)55(51-62)69-60)54(63)49-47-45-43-41-14-12-10-8-6-4-2/h53-55,57-60,62-63,65-67H,3-52H2,1-2H3,(H,61,64)/t53-,54+,55+,57+,58?,59?,60+/m0/s1. The number of hydrogen-bond acceptors (Lipinski definition) is 8. The van der Waals surface area contributed by atoms with Crippen molar-refractivity contribution in [3.8, 4) is 0 Å². The summed E-state index contributed by atoms with van der Waals surface area (Å²) in [4.78, 5) is 13.0. The lowest BCUT2D eigenvalue weighted by molar-refractivity contribution is -0.302. The fourth-order valence-electron chi connectivity index (χ4n) is 10.3. The Morgan fingerprint density at radius 2 is 0.725 bits per heavy atom. The maximum atomic E-state index is 13.0. The van der Waals surface area contributed by atoms with Gasteiger partial charge < -0.3 is 40.3 Å². The van der Waals surface area contributed by atoms with Crippen LogP contribution in [0.5, 0.6) is 0 Å². The number of unbranched alkanes of at least 4 members (excludes halogenated alkanes) is 44. The highest BCUT2D eigenvalue weighted by Crippen LogP contribution is 2.24. The Labute approximate surface area is 427 Å². The Morgan fingerprint density at radius 3 is 1.03 bits per heavy atom. The number of aliphatic hydroxyl groups excluding tert-OH is 5. The van der Waals surface area contributed by atoms with Gasteiger partial charge in [-0.25, -0.2) is 0 Å². The van der Waals surface area contributed by atoms with Gasteiger partial charge in [0.15, 0.2) is 6.29 Å². The molecular weight excluding hydrogens is 863 g/mol. The summed E-state index contributed by atoms with van der Waals surface area (Å²) >= 11 is 0. The molecule has 1 aliphatic heterocycles. The van der Waals surface area contributed by atoms with Crippen LogP contribution in [0.2, 0.25) is 0 Å². The molecule has 1 fully saturated rings. The molecule has 0 bridgehead atoms. The zero-order valence-electron chi connectivity index (χ0n) is 45.9. The Morgan fingerprint density at radius 1 is 0.435 bits per heavy atom. The molecule has 1 saturated heterocycles. The Balaban J connectivity index is 1.99. The van der Waals surface area contributed by atoms with Crippen molar-refractivity contribution in [3.05, 3.63) is 0 Å². The fraction of sp³-hybridized carbons (Fsp3) is 0.983. The van der Waals surface area contributed by atoms with Gasteiger partial charge in [0.1, 0.15) is 24.4 Å². The molecule has 2 unspecified atom stereocenters. The minimum absolute atomic E-state index is 0.132. The van der Waals surface area contributed by atoms with Crippen LogP contribution in [0.3, 0.4) is 0 Å². The van der Waals surface area contributed by atoms with Gasteiger partial charge in [0.25, 0.3) is 0 Å². The van der Waals surface area contributed by atoms with Crippen molar-refractivity contribution in [3.63, 3.8) is 0 Å². The number of aliphatic hydroxyl groups is 5. The third-order valence-corrected chi connectivity index (χ3v) is 15.2. The van der Waals surface area contributed by atoms with Crippen molar-refractivity contribution in [1.82, 2.24) is 5.32 Å². The Kier molecular flexibility index (Phi) is 48.7. The second-order valence-corrected chi connectivity index (χ2v) is 21.9. The fourth-order valence-corrected chi connectivity index (χ4v) is 10.3. The van der Waals surface area contributed by atoms with Crippen LogP contribution in [0, 0.1) is 0 Å². The van der Waals surface area contributed by atoms with E-state index in [1.165, 1.54) is 257 Å². The molecule has 412 valence electrons. The van der Waals surface area contributed by atoms with Gasteiger partial charge in [-0.05, 0) is 12.8 Å². The third-order valence-electron chi connectivity index (χ3n) is 15.2. The van der Waals surface area contributed by atoms with E-state index in [1.54, 1.807) is 0 Å². The number of rotatable bonds is 54. The second-order valence-electron chi connectivity index (χ2n) is 21.9. The van der Waals surface area contributed by atoms with E-state index in [0.29, 0.717) is 12.8 Å². The van der Waals surface area contributed by atoms with Crippen molar-refractivity contribution in [2.24, 2.45) is 0 Å². The summed E-state index contributed by atoms with van der Waals surface area (Å²) in [7, 11) is 0. The molecule has 9 heteroatoms. The predicted octanol–water partition coefficient (Wildman–Crippen LogP) is 15.4. The van der Waals surface area contributed by atoms with E-state index in [2.05, 4.69) is 19.2 Å². The molecule has 0 saturated carbocycles. The van der Waals surface area contributed by atoms with Crippen LogP contribution in [0.15, 0.2) is 0 Å². The minimum atomic E-state index is -1.55. The van der Waals surface area contributed by atoms with Crippen molar-refractivity contribution in [1.29, 1.82) is 0 Å². The zero-order chi connectivity index (χ0) is 50.1. The van der Waals surface area contributed by atoms with Crippen LogP contribution in [-0.4, -0.2) is 87.5 Å². The smallest absolute Gasteiger partial charge is 0.220 e. The normalized spacial score (nSPS) is 19.3. The van der Waals surface area contributed by atoms with Crippen LogP contribution in [0.1, 0.15) is 322 Å². The molecule has 0 aliphatic carbocycles. The van der Waals surface area contributed by atoms with Gasteiger partial charge >= 0.3 is 0 Å². The molecule has 0 aromatic rings. The van der Waals surface area contributed by atoms with Crippen LogP contribution in [0.25, 0.3) is 0 Å². The lowest BCUT2D eigenvalue weighted by atomic mass is 9.99. The highest BCUT2D eigenvalue weighted by molar-refractivity contribution is 5.76. The molecule has 69 heavy (non-hydrogen) atoms. The van der Waals surface area contributed by atoms with Gasteiger partial charge in [0, 0.05) is 6.42 Å². The van der Waals surface area contributed by atoms with Crippen molar-refractivity contribution >= 4 is 5.91 Å². The molecule has 1 aliphatic rings. The van der Waals surface area contributed by atoms with Crippen LogP contribution < -0.4 is 5.32 Å². The number of amides is 1. The molecule has 1 rings (SSSR count). The summed E-state index contributed by atoms with van der Waals surface area (Å²) in [5, 5.41) is 54.5. The SMILES string of the molecule is CCCCCCCCCCCCCCCCCCCCCCCCCCCCCCCCCCCCCCC(=O)N[C@@H](CO[C@@H]1O[C@H](CO)[C@@H](O)C(O)C1O)[C@H](O)CCCCCCCCCCCC. The van der Waals surface area contributed by atoms with Crippen LogP contribution in [0.4, 0.5) is 0 Å². The van der Waals surface area contributed by atoms with Gasteiger partial charge in [0.2, 0.25) is 5.91 Å². The number of carbonyl (C=O) groups is 1. The first-order valence-corrected chi connectivity index (χ1v) is 30.7. The quantitative estimate of drug-likeness (QED) is 0.0330. The monoisotopic (exact) mass is 982 g/mol. The third kappa shape index (κ3) is 40.3. The molecule has 0 aromatic heterocycles. The van der Waals surface area contributed by atoms with Gasteiger partial charge in [-0.3, -0.25) is 4.79 Å². The first-order valence-electron chi connectivity index (χ1n) is 30.7. The van der Waals surface area contributed by atoms with E-state index < -0.39 is 49.5 Å². The molecule has 7 atom stereocenters. The van der Waals surface area contributed by atoms with E-state index >= 15 is 0 Å². The summed E-state index contributed by atoms with van der Waals surface area (Å²) in [6, 6.07) is -0.712. The Hall–Kier alpha value is -0.810. The molecule has 0 radical (unpaired) electrons. The zero-order valence-corrected chi connectivity index (χ0v) is 45.9. The van der Waals surface area contributed by atoms with Crippen LogP contribution >= 0.6 is 0 Å². The first kappa shape index (κ1) is 66.2. The van der Waals surface area contributed by atoms with Gasteiger partial charge in [-0.1, -0.05) is 303 Å². The van der Waals surface area contributed by atoms with Crippen molar-refractivity contribution < 1.29 is 39.8 Å². The molecule has 6 N–H and O–H groups in total. The lowest BCUT2D eigenvalue weighted by Gasteiger charge is -2.40. The van der Waals surface area contributed by atoms with Crippen molar-refractivity contribution in [2.45, 2.75) is 365 Å². The maximum absolute atomic E-state index is 13.0. The highest BCUT2D eigenvalue weighted by atomic mass is 16.7. The molecule has 0 aromatic carbocycles. The highest BCUT2D eigenvalue weighted by Gasteiger charge is 2.44. The van der Waals surface area contributed by atoms with Gasteiger partial charge in [0.05, 0.1) is 25.4 Å². The number of ether oxygens (including phenoxy) is 2. The molecule has 9 nitrogen and oxygen atoms in total. The summed E-state index contributed by atoms with van der Waals surface area (Å²) in [6.07, 6.45) is 54.7. The van der Waals surface area contributed by atoms with E-state index in [4.69, 9.17) is 9.47 Å². The Bertz CT molecular complexity index is 1050. The molecule has 0 spiro atoms. The number of nitrogens with one attached hydrogen (secondary N) is 1. The van der Waals surface area contributed by atoms with E-state index in [0.717, 1.165) is 38.5 Å². The molecular formula is C60H119NO8. The maximum Gasteiger partial charge on any atom is 0.220 e.